The minimum absolute atomic E-state index is 0.0839. The minimum Gasteiger partial charge on any atom is -0.264 e. The molecule has 1 heterocycles. The van der Waals surface area contributed by atoms with Crippen LogP contribution in [0.5, 0.6) is 0 Å². The average molecular weight is 208 g/mol. The summed E-state index contributed by atoms with van der Waals surface area (Å²) in [5.74, 6) is 0.612. The van der Waals surface area contributed by atoms with E-state index in [0.717, 1.165) is 0 Å². The maximum atomic E-state index is 4.67. The van der Waals surface area contributed by atoms with Gasteiger partial charge in [-0.1, -0.05) is 13.8 Å². The molecule has 0 radical (unpaired) electrons. The van der Waals surface area contributed by atoms with Crippen LogP contribution >= 0.6 is 0 Å². The van der Waals surface area contributed by atoms with Crippen LogP contribution in [0.4, 0.5) is 0 Å². The fourth-order valence-corrected chi connectivity index (χ4v) is 2.23. The fourth-order valence-electron chi connectivity index (χ4n) is 2.23. The molecule has 2 nitrogen and oxygen atoms in total. The maximum Gasteiger partial charge on any atom is 0.0631 e. The van der Waals surface area contributed by atoms with Gasteiger partial charge in [-0.2, -0.15) is 5.10 Å². The van der Waals surface area contributed by atoms with Crippen LogP contribution in [0.3, 0.4) is 0 Å². The molecule has 1 aromatic rings. The molecule has 0 spiro atoms. The second-order valence-electron chi connectivity index (χ2n) is 5.48. The summed E-state index contributed by atoms with van der Waals surface area (Å²) < 4.78 is 2.16. The molecule has 0 saturated heterocycles. The molecule has 86 valence electrons. The summed E-state index contributed by atoms with van der Waals surface area (Å²) >= 11 is 0. The Morgan fingerprint density at radius 3 is 2.13 bits per heavy atom. The van der Waals surface area contributed by atoms with Crippen molar-refractivity contribution in [2.45, 2.75) is 66.3 Å². The van der Waals surface area contributed by atoms with Gasteiger partial charge in [-0.3, -0.25) is 4.68 Å². The molecular weight excluding hydrogens is 184 g/mol. The highest BCUT2D eigenvalue weighted by molar-refractivity contribution is 5.28. The minimum atomic E-state index is 0.0839. The highest BCUT2D eigenvalue weighted by Crippen LogP contribution is 2.28. The molecule has 0 amide bonds. The molecule has 0 bridgehead atoms. The van der Waals surface area contributed by atoms with Gasteiger partial charge in [0.1, 0.15) is 0 Å². The molecule has 15 heavy (non-hydrogen) atoms. The van der Waals surface area contributed by atoms with Gasteiger partial charge >= 0.3 is 0 Å². The van der Waals surface area contributed by atoms with Crippen LogP contribution in [-0.2, 0) is 5.54 Å². The van der Waals surface area contributed by atoms with E-state index in [1.807, 2.05) is 0 Å². The van der Waals surface area contributed by atoms with Gasteiger partial charge in [0.05, 0.1) is 11.2 Å². The molecule has 0 aromatic carbocycles. The van der Waals surface area contributed by atoms with Crippen molar-refractivity contribution >= 4 is 0 Å². The van der Waals surface area contributed by atoms with E-state index in [9.17, 15) is 0 Å². The second-order valence-corrected chi connectivity index (χ2v) is 5.48. The van der Waals surface area contributed by atoms with E-state index in [4.69, 9.17) is 0 Å². The molecule has 0 aliphatic carbocycles. The topological polar surface area (TPSA) is 17.8 Å². The third-order valence-electron chi connectivity index (χ3n) is 3.09. The predicted molar refractivity (Wildman–Crippen MR) is 65.4 cm³/mol. The lowest BCUT2D eigenvalue weighted by molar-refractivity contribution is 0.346. The van der Waals surface area contributed by atoms with Crippen molar-refractivity contribution in [3.8, 4) is 0 Å². The standard InChI is InChI=1S/C13H24N2/c1-8-9(2)12-10(3)14-15(11(12)4)13(5,6)7/h9H,8H2,1-7H3. The summed E-state index contributed by atoms with van der Waals surface area (Å²) in [4.78, 5) is 0. The molecule has 1 rings (SSSR count). The summed E-state index contributed by atoms with van der Waals surface area (Å²) in [6, 6.07) is 0. The van der Waals surface area contributed by atoms with Crippen LogP contribution in [0.1, 0.15) is 63.9 Å². The Balaban J connectivity index is 3.27. The Bertz CT molecular complexity index is 342. The van der Waals surface area contributed by atoms with E-state index in [2.05, 4.69) is 58.2 Å². The zero-order valence-electron chi connectivity index (χ0n) is 11.2. The zero-order chi connectivity index (χ0) is 11.8. The molecule has 0 saturated carbocycles. The maximum absolute atomic E-state index is 4.67. The van der Waals surface area contributed by atoms with Crippen molar-refractivity contribution in [2.24, 2.45) is 0 Å². The molecule has 0 fully saturated rings. The number of nitrogens with zero attached hydrogens (tertiary/aromatic N) is 2. The van der Waals surface area contributed by atoms with E-state index < -0.39 is 0 Å². The van der Waals surface area contributed by atoms with Crippen molar-refractivity contribution < 1.29 is 0 Å². The van der Waals surface area contributed by atoms with Gasteiger partial charge in [-0.15, -0.1) is 0 Å². The first-order chi connectivity index (χ1) is 6.79. The van der Waals surface area contributed by atoms with Crippen LogP contribution in [-0.4, -0.2) is 9.78 Å². The Kier molecular flexibility index (Phi) is 3.27. The Hall–Kier alpha value is -0.790. The Labute approximate surface area is 93.7 Å². The molecule has 0 aliphatic rings. The van der Waals surface area contributed by atoms with Crippen LogP contribution in [0, 0.1) is 13.8 Å². The first-order valence-corrected chi connectivity index (χ1v) is 5.85. The quantitative estimate of drug-likeness (QED) is 0.723. The highest BCUT2D eigenvalue weighted by Gasteiger charge is 2.22. The molecule has 2 heteroatoms. The van der Waals surface area contributed by atoms with E-state index in [0.29, 0.717) is 5.92 Å². The van der Waals surface area contributed by atoms with Crippen LogP contribution in [0.25, 0.3) is 0 Å². The summed E-state index contributed by atoms with van der Waals surface area (Å²) in [5.41, 5.74) is 4.04. The van der Waals surface area contributed by atoms with Gasteiger partial charge in [-0.25, -0.2) is 0 Å². The van der Waals surface area contributed by atoms with E-state index in [-0.39, 0.29) is 5.54 Å². The average Bonchev–Trinajstić information content (AvgIpc) is 2.40. The SMILES string of the molecule is CCC(C)c1c(C)nn(C(C)(C)C)c1C. The number of aryl methyl sites for hydroxylation is 1. The van der Waals surface area contributed by atoms with Crippen molar-refractivity contribution in [3.05, 3.63) is 17.0 Å². The lowest BCUT2D eigenvalue weighted by Crippen LogP contribution is -2.24. The summed E-state index contributed by atoms with van der Waals surface area (Å²) in [5, 5.41) is 4.67. The number of rotatable bonds is 2. The van der Waals surface area contributed by atoms with E-state index in [1.54, 1.807) is 0 Å². The zero-order valence-corrected chi connectivity index (χ0v) is 11.2. The number of hydrogen-bond acceptors (Lipinski definition) is 1. The van der Waals surface area contributed by atoms with Crippen molar-refractivity contribution in [2.75, 3.05) is 0 Å². The number of aromatic nitrogens is 2. The van der Waals surface area contributed by atoms with Crippen molar-refractivity contribution in [3.63, 3.8) is 0 Å². The first-order valence-electron chi connectivity index (χ1n) is 5.85. The Morgan fingerprint density at radius 1 is 1.27 bits per heavy atom. The summed E-state index contributed by atoms with van der Waals surface area (Å²) in [7, 11) is 0. The lowest BCUT2D eigenvalue weighted by atomic mass is 9.96. The highest BCUT2D eigenvalue weighted by atomic mass is 15.3. The third-order valence-corrected chi connectivity index (χ3v) is 3.09. The molecule has 1 atom stereocenters. The number of hydrogen-bond donors (Lipinski definition) is 0. The summed E-state index contributed by atoms with van der Waals surface area (Å²) in [6.45, 7) is 15.4. The molecule has 0 N–H and O–H groups in total. The predicted octanol–water partition coefficient (Wildman–Crippen LogP) is 3.77. The third kappa shape index (κ3) is 2.24. The second kappa shape index (κ2) is 3.99. The monoisotopic (exact) mass is 208 g/mol. The van der Waals surface area contributed by atoms with Crippen LogP contribution in [0.15, 0.2) is 0 Å². The van der Waals surface area contributed by atoms with Gasteiger partial charge in [0.25, 0.3) is 0 Å². The van der Waals surface area contributed by atoms with Crippen molar-refractivity contribution in [1.82, 2.24) is 9.78 Å². The first kappa shape index (κ1) is 12.3. The van der Waals surface area contributed by atoms with Gasteiger partial charge in [0.15, 0.2) is 0 Å². The largest absolute Gasteiger partial charge is 0.264 e. The van der Waals surface area contributed by atoms with Gasteiger partial charge in [0, 0.05) is 5.69 Å². The molecule has 0 aliphatic heterocycles. The normalized spacial score (nSPS) is 14.3. The van der Waals surface area contributed by atoms with Crippen LogP contribution < -0.4 is 0 Å². The van der Waals surface area contributed by atoms with Gasteiger partial charge in [-0.05, 0) is 52.5 Å². The van der Waals surface area contributed by atoms with E-state index in [1.165, 1.54) is 23.4 Å². The fraction of sp³-hybridized carbons (Fsp3) is 0.769. The van der Waals surface area contributed by atoms with Gasteiger partial charge < -0.3 is 0 Å². The van der Waals surface area contributed by atoms with Crippen LogP contribution in [0.2, 0.25) is 0 Å². The smallest absolute Gasteiger partial charge is 0.0631 e. The molecule has 1 aromatic heterocycles. The van der Waals surface area contributed by atoms with E-state index >= 15 is 0 Å². The lowest BCUT2D eigenvalue weighted by Gasteiger charge is -2.22. The van der Waals surface area contributed by atoms with Crippen molar-refractivity contribution in [1.29, 1.82) is 0 Å². The Morgan fingerprint density at radius 2 is 1.80 bits per heavy atom. The molecular formula is C13H24N2. The van der Waals surface area contributed by atoms with Gasteiger partial charge in [0.2, 0.25) is 0 Å². The summed E-state index contributed by atoms with van der Waals surface area (Å²) in [6.07, 6.45) is 1.18. The molecule has 1 unspecified atom stereocenters.